The highest BCUT2D eigenvalue weighted by Crippen LogP contribution is 2.29. The lowest BCUT2D eigenvalue weighted by Gasteiger charge is -2.22. The summed E-state index contributed by atoms with van der Waals surface area (Å²) < 4.78 is 31.5. The Balaban J connectivity index is 1.60. The van der Waals surface area contributed by atoms with Crippen LogP contribution in [0.25, 0.3) is 0 Å². The third-order valence-electron chi connectivity index (χ3n) is 4.41. The number of halogens is 1. The molecule has 0 radical (unpaired) electrons. The zero-order valence-corrected chi connectivity index (χ0v) is 18.6. The number of anilines is 2. The Morgan fingerprint density at radius 3 is 2.29 bits per heavy atom. The lowest BCUT2D eigenvalue weighted by atomic mass is 10.2. The van der Waals surface area contributed by atoms with Crippen molar-refractivity contribution in [2.75, 3.05) is 22.4 Å². The van der Waals surface area contributed by atoms with Crippen molar-refractivity contribution in [2.24, 2.45) is 0 Å². The summed E-state index contributed by atoms with van der Waals surface area (Å²) in [5.74, 6) is 0.964. The molecule has 8 heteroatoms. The van der Waals surface area contributed by atoms with E-state index in [-0.39, 0.29) is 18.9 Å². The van der Waals surface area contributed by atoms with E-state index in [2.05, 4.69) is 5.32 Å². The minimum Gasteiger partial charge on any atom is -0.455 e. The van der Waals surface area contributed by atoms with E-state index in [0.29, 0.717) is 34.3 Å². The molecule has 0 aliphatic rings. The number of carbonyl (C=O) groups excluding carboxylic acids is 1. The van der Waals surface area contributed by atoms with Crippen molar-refractivity contribution in [1.82, 2.24) is 0 Å². The molecular weight excluding hydrogens is 436 g/mol. The Morgan fingerprint density at radius 2 is 1.61 bits per heavy atom. The van der Waals surface area contributed by atoms with E-state index in [4.69, 9.17) is 16.3 Å². The third-order valence-corrected chi connectivity index (χ3v) is 5.86. The summed E-state index contributed by atoms with van der Waals surface area (Å²) in [7, 11) is -3.49. The van der Waals surface area contributed by atoms with Crippen molar-refractivity contribution in [3.8, 4) is 11.5 Å². The van der Waals surface area contributed by atoms with Crippen LogP contribution >= 0.6 is 11.6 Å². The Morgan fingerprint density at radius 1 is 0.968 bits per heavy atom. The first-order valence-electron chi connectivity index (χ1n) is 9.68. The highest BCUT2D eigenvalue weighted by Gasteiger charge is 2.18. The molecule has 0 heterocycles. The molecule has 1 N–H and O–H groups in total. The van der Waals surface area contributed by atoms with Gasteiger partial charge in [-0.3, -0.25) is 9.10 Å². The number of nitrogens with one attached hydrogen (secondary N) is 1. The van der Waals surface area contributed by atoms with Crippen molar-refractivity contribution in [3.05, 3.63) is 83.9 Å². The maximum atomic E-state index is 12.5. The monoisotopic (exact) mass is 458 g/mol. The molecule has 6 nitrogen and oxygen atoms in total. The molecule has 0 aliphatic heterocycles. The van der Waals surface area contributed by atoms with E-state index < -0.39 is 10.0 Å². The van der Waals surface area contributed by atoms with Crippen molar-refractivity contribution in [2.45, 2.75) is 12.8 Å². The Hall–Kier alpha value is -3.03. The molecule has 0 bridgehead atoms. The van der Waals surface area contributed by atoms with E-state index in [9.17, 15) is 13.2 Å². The summed E-state index contributed by atoms with van der Waals surface area (Å²) in [6.07, 6.45) is 1.64. The molecule has 3 aromatic rings. The predicted octanol–water partition coefficient (Wildman–Crippen LogP) is 5.32. The normalized spacial score (nSPS) is 11.0. The number of sulfonamides is 1. The van der Waals surface area contributed by atoms with Crippen LogP contribution in [0.3, 0.4) is 0 Å². The molecule has 0 saturated carbocycles. The summed E-state index contributed by atoms with van der Waals surface area (Å²) in [4.78, 5) is 12.5. The van der Waals surface area contributed by atoms with Gasteiger partial charge in [-0.05, 0) is 55.0 Å². The second-order valence-electron chi connectivity index (χ2n) is 6.87. The van der Waals surface area contributed by atoms with Gasteiger partial charge in [-0.15, -0.1) is 0 Å². The molecule has 0 aliphatic carbocycles. The largest absolute Gasteiger partial charge is 0.455 e. The molecule has 31 heavy (non-hydrogen) atoms. The van der Waals surface area contributed by atoms with Crippen LogP contribution in [0.2, 0.25) is 5.02 Å². The number of rotatable bonds is 9. The lowest BCUT2D eigenvalue weighted by molar-refractivity contribution is -0.116. The summed E-state index contributed by atoms with van der Waals surface area (Å²) in [6, 6.07) is 23.0. The molecule has 0 atom stereocenters. The van der Waals surface area contributed by atoms with E-state index in [0.717, 1.165) is 6.26 Å². The van der Waals surface area contributed by atoms with Crippen LogP contribution in [-0.4, -0.2) is 27.1 Å². The lowest BCUT2D eigenvalue weighted by Crippen LogP contribution is -2.31. The highest BCUT2D eigenvalue weighted by atomic mass is 35.5. The van der Waals surface area contributed by atoms with Crippen LogP contribution in [0.4, 0.5) is 11.4 Å². The van der Waals surface area contributed by atoms with Crippen LogP contribution in [-0.2, 0) is 14.8 Å². The number of hydrogen-bond donors (Lipinski definition) is 1. The van der Waals surface area contributed by atoms with Gasteiger partial charge in [-0.25, -0.2) is 8.42 Å². The number of nitrogens with zero attached hydrogens (tertiary/aromatic N) is 1. The van der Waals surface area contributed by atoms with Gasteiger partial charge in [-0.1, -0.05) is 41.9 Å². The van der Waals surface area contributed by atoms with Gasteiger partial charge in [0, 0.05) is 18.0 Å². The van der Waals surface area contributed by atoms with Gasteiger partial charge in [0.2, 0.25) is 15.9 Å². The van der Waals surface area contributed by atoms with Crippen molar-refractivity contribution in [1.29, 1.82) is 0 Å². The number of para-hydroxylation sites is 3. The number of amides is 1. The molecule has 3 aromatic carbocycles. The molecule has 162 valence electrons. The summed E-state index contributed by atoms with van der Waals surface area (Å²) in [6.45, 7) is 0.177. The number of carbonyl (C=O) groups is 1. The van der Waals surface area contributed by atoms with Gasteiger partial charge in [-0.2, -0.15) is 0 Å². The number of ether oxygens (including phenoxy) is 1. The average Bonchev–Trinajstić information content (AvgIpc) is 2.73. The minimum atomic E-state index is -3.49. The second-order valence-corrected chi connectivity index (χ2v) is 9.22. The van der Waals surface area contributed by atoms with Crippen LogP contribution in [0.1, 0.15) is 12.8 Å². The first-order chi connectivity index (χ1) is 14.8. The van der Waals surface area contributed by atoms with Crippen molar-refractivity contribution >= 4 is 38.9 Å². The van der Waals surface area contributed by atoms with Crippen molar-refractivity contribution < 1.29 is 17.9 Å². The smallest absolute Gasteiger partial charge is 0.232 e. The standard InChI is InChI=1S/C23H23ClN2O4S/c1-31(28,29)26(19-15-13-18(24)14-16-19)17-7-12-23(27)25-21-10-5-6-11-22(21)30-20-8-3-2-4-9-20/h2-6,8-11,13-16H,7,12,17H2,1H3,(H,25,27). The quantitative estimate of drug-likeness (QED) is 0.471. The summed E-state index contributed by atoms with van der Waals surface area (Å²) >= 11 is 5.89. The molecule has 0 unspecified atom stereocenters. The van der Waals surface area contributed by atoms with E-state index in [1.165, 1.54) is 4.31 Å². The topological polar surface area (TPSA) is 75.7 Å². The van der Waals surface area contributed by atoms with Gasteiger partial charge in [0.15, 0.2) is 5.75 Å². The van der Waals surface area contributed by atoms with Crippen LogP contribution in [0.5, 0.6) is 11.5 Å². The third kappa shape index (κ3) is 6.73. The zero-order chi connectivity index (χ0) is 22.3. The second kappa shape index (κ2) is 10.3. The highest BCUT2D eigenvalue weighted by molar-refractivity contribution is 7.92. The number of hydrogen-bond acceptors (Lipinski definition) is 4. The minimum absolute atomic E-state index is 0.152. The molecule has 0 spiro atoms. The van der Waals surface area contributed by atoms with Crippen LogP contribution in [0.15, 0.2) is 78.9 Å². The SMILES string of the molecule is CS(=O)(=O)N(CCCC(=O)Nc1ccccc1Oc1ccccc1)c1ccc(Cl)cc1. The van der Waals surface area contributed by atoms with Crippen LogP contribution in [0, 0.1) is 0 Å². The van der Waals surface area contributed by atoms with E-state index in [1.807, 2.05) is 36.4 Å². The fourth-order valence-electron chi connectivity index (χ4n) is 2.96. The molecule has 0 aromatic heterocycles. The summed E-state index contributed by atoms with van der Waals surface area (Å²) in [5.41, 5.74) is 1.06. The Bertz CT molecular complexity index is 1120. The van der Waals surface area contributed by atoms with Gasteiger partial charge < -0.3 is 10.1 Å². The Kier molecular flexibility index (Phi) is 7.55. The maximum Gasteiger partial charge on any atom is 0.232 e. The molecule has 1 amide bonds. The van der Waals surface area contributed by atoms with E-state index in [1.54, 1.807) is 42.5 Å². The molecule has 3 rings (SSSR count). The van der Waals surface area contributed by atoms with Crippen LogP contribution < -0.4 is 14.4 Å². The van der Waals surface area contributed by atoms with E-state index >= 15 is 0 Å². The van der Waals surface area contributed by atoms with Gasteiger partial charge in [0.05, 0.1) is 17.6 Å². The Labute approximate surface area is 187 Å². The number of benzene rings is 3. The zero-order valence-electron chi connectivity index (χ0n) is 17.0. The average molecular weight is 459 g/mol. The van der Waals surface area contributed by atoms with Gasteiger partial charge in [0.1, 0.15) is 5.75 Å². The maximum absolute atomic E-state index is 12.5. The molecular formula is C23H23ClN2O4S. The summed E-state index contributed by atoms with van der Waals surface area (Å²) in [5, 5.41) is 3.36. The van der Waals surface area contributed by atoms with Gasteiger partial charge >= 0.3 is 0 Å². The molecule has 0 saturated heterocycles. The predicted molar refractivity (Wildman–Crippen MR) is 124 cm³/mol. The first-order valence-corrected chi connectivity index (χ1v) is 11.9. The van der Waals surface area contributed by atoms with Crippen molar-refractivity contribution in [3.63, 3.8) is 0 Å². The fraction of sp³-hybridized carbons (Fsp3) is 0.174. The first kappa shape index (κ1) is 22.7. The fourth-order valence-corrected chi connectivity index (χ4v) is 4.06. The van der Waals surface area contributed by atoms with Gasteiger partial charge in [0.25, 0.3) is 0 Å². The molecule has 0 fully saturated rings.